The highest BCUT2D eigenvalue weighted by atomic mass is 32.2. The van der Waals surface area contributed by atoms with Crippen molar-refractivity contribution in [1.29, 1.82) is 0 Å². The van der Waals surface area contributed by atoms with Gasteiger partial charge in [-0.15, -0.1) is 0 Å². The number of benzene rings is 2. The Bertz CT molecular complexity index is 1200. The second-order valence-corrected chi connectivity index (χ2v) is 8.69. The molecule has 0 aliphatic carbocycles. The molecule has 0 aliphatic rings. The summed E-state index contributed by atoms with van der Waals surface area (Å²) in [7, 11) is 0. The fraction of sp³-hybridized carbons (Fsp3) is 0.160. The van der Waals surface area contributed by atoms with Gasteiger partial charge in [-0.25, -0.2) is 4.98 Å². The predicted molar refractivity (Wildman–Crippen MR) is 124 cm³/mol. The number of rotatable bonds is 5. The molecule has 0 spiro atoms. The smallest absolute Gasteiger partial charge is 0.258 e. The van der Waals surface area contributed by atoms with Crippen molar-refractivity contribution >= 4 is 34.3 Å². The van der Waals surface area contributed by atoms with E-state index in [0.29, 0.717) is 10.6 Å². The summed E-state index contributed by atoms with van der Waals surface area (Å²) in [5.74, 6) is -0.151. The van der Waals surface area contributed by atoms with E-state index in [0.717, 1.165) is 27.7 Å². The van der Waals surface area contributed by atoms with Crippen LogP contribution in [0.2, 0.25) is 0 Å². The minimum atomic E-state index is -0.151. The van der Waals surface area contributed by atoms with Gasteiger partial charge in [-0.1, -0.05) is 36.0 Å². The maximum absolute atomic E-state index is 13.0. The first-order chi connectivity index (χ1) is 14.5. The molecule has 1 amide bonds. The van der Waals surface area contributed by atoms with Crippen LogP contribution in [0.3, 0.4) is 0 Å². The molecule has 2 aromatic heterocycles. The van der Waals surface area contributed by atoms with Gasteiger partial charge >= 0.3 is 0 Å². The summed E-state index contributed by atoms with van der Waals surface area (Å²) in [5.41, 5.74) is 5.75. The van der Waals surface area contributed by atoms with E-state index in [4.69, 9.17) is 0 Å². The van der Waals surface area contributed by atoms with E-state index >= 15 is 0 Å². The predicted octanol–water partition coefficient (Wildman–Crippen LogP) is 6.35. The standard InChI is InChI=1S/C25H23N3OS/c1-16-13-17(2)15-19(14-16)28-24(29)22-8-6-11-27-25(22)30-18(3)20-10-12-26-23-9-5-4-7-21(20)23/h4-15,18H,1-3H3,(H,28,29). The fourth-order valence-corrected chi connectivity index (χ4v) is 4.68. The number of fused-ring (bicyclic) bond motifs is 1. The third-order valence-electron chi connectivity index (χ3n) is 4.90. The lowest BCUT2D eigenvalue weighted by atomic mass is 10.1. The molecule has 0 saturated heterocycles. The van der Waals surface area contributed by atoms with Crippen LogP contribution in [0.15, 0.2) is 78.1 Å². The molecule has 5 heteroatoms. The lowest BCUT2D eigenvalue weighted by molar-refractivity contribution is 0.102. The number of aryl methyl sites for hydroxylation is 2. The molecule has 0 fully saturated rings. The highest BCUT2D eigenvalue weighted by Gasteiger charge is 2.18. The van der Waals surface area contributed by atoms with Crippen LogP contribution < -0.4 is 5.32 Å². The molecule has 0 bridgehead atoms. The van der Waals surface area contributed by atoms with Gasteiger partial charge in [0.15, 0.2) is 0 Å². The number of carbonyl (C=O) groups excluding carboxylic acids is 1. The second-order valence-electron chi connectivity index (χ2n) is 7.36. The quantitative estimate of drug-likeness (QED) is 0.387. The van der Waals surface area contributed by atoms with Gasteiger partial charge in [0.2, 0.25) is 0 Å². The Morgan fingerprint density at radius 1 is 0.933 bits per heavy atom. The Morgan fingerprint density at radius 3 is 2.50 bits per heavy atom. The van der Waals surface area contributed by atoms with E-state index in [-0.39, 0.29) is 11.2 Å². The molecule has 2 aromatic carbocycles. The van der Waals surface area contributed by atoms with Crippen molar-refractivity contribution in [3.63, 3.8) is 0 Å². The molecule has 4 aromatic rings. The average molecular weight is 414 g/mol. The number of hydrogen-bond donors (Lipinski definition) is 1. The SMILES string of the molecule is Cc1cc(C)cc(NC(=O)c2cccnc2SC(C)c2ccnc3ccccc23)c1. The third kappa shape index (κ3) is 4.36. The summed E-state index contributed by atoms with van der Waals surface area (Å²) in [4.78, 5) is 22.0. The van der Waals surface area contributed by atoms with Gasteiger partial charge in [0.05, 0.1) is 11.1 Å². The van der Waals surface area contributed by atoms with Crippen LogP contribution >= 0.6 is 11.8 Å². The fourth-order valence-electron chi connectivity index (χ4n) is 3.61. The van der Waals surface area contributed by atoms with Crippen molar-refractivity contribution in [2.24, 2.45) is 0 Å². The minimum absolute atomic E-state index is 0.112. The summed E-state index contributed by atoms with van der Waals surface area (Å²) in [6, 6.07) is 19.8. The number of carbonyl (C=O) groups is 1. The Balaban J connectivity index is 1.60. The number of para-hydroxylation sites is 1. The van der Waals surface area contributed by atoms with Crippen LogP contribution in [0.4, 0.5) is 5.69 Å². The number of nitrogens with zero attached hydrogens (tertiary/aromatic N) is 2. The Hall–Kier alpha value is -3.18. The first-order valence-corrected chi connectivity index (χ1v) is 10.7. The molecule has 30 heavy (non-hydrogen) atoms. The molecular weight excluding hydrogens is 390 g/mol. The van der Waals surface area contributed by atoms with Gasteiger partial charge in [0.1, 0.15) is 5.03 Å². The minimum Gasteiger partial charge on any atom is -0.322 e. The highest BCUT2D eigenvalue weighted by molar-refractivity contribution is 7.99. The maximum atomic E-state index is 13.0. The van der Waals surface area contributed by atoms with E-state index < -0.39 is 0 Å². The zero-order valence-electron chi connectivity index (χ0n) is 17.2. The van der Waals surface area contributed by atoms with Crippen molar-refractivity contribution in [3.05, 3.63) is 95.3 Å². The van der Waals surface area contributed by atoms with Crippen LogP contribution in [0.25, 0.3) is 10.9 Å². The monoisotopic (exact) mass is 413 g/mol. The van der Waals surface area contributed by atoms with Crippen molar-refractivity contribution in [2.75, 3.05) is 5.32 Å². The molecule has 0 aliphatic heterocycles. The molecule has 0 radical (unpaired) electrons. The normalized spacial score (nSPS) is 12.0. The molecule has 2 heterocycles. The van der Waals surface area contributed by atoms with Crippen LogP contribution in [-0.2, 0) is 0 Å². The van der Waals surface area contributed by atoms with Crippen molar-refractivity contribution in [2.45, 2.75) is 31.0 Å². The van der Waals surface area contributed by atoms with Gasteiger partial charge in [-0.05, 0) is 73.9 Å². The molecule has 150 valence electrons. The summed E-state index contributed by atoms with van der Waals surface area (Å²) in [5, 5.41) is 4.97. The molecule has 1 unspecified atom stereocenters. The summed E-state index contributed by atoms with van der Waals surface area (Å²) < 4.78 is 0. The topological polar surface area (TPSA) is 54.9 Å². The lowest BCUT2D eigenvalue weighted by Crippen LogP contribution is -2.14. The third-order valence-corrected chi connectivity index (χ3v) is 6.06. The average Bonchev–Trinajstić information content (AvgIpc) is 2.73. The number of amides is 1. The van der Waals surface area contributed by atoms with Gasteiger partial charge in [0.25, 0.3) is 5.91 Å². The van der Waals surface area contributed by atoms with Crippen LogP contribution in [0, 0.1) is 13.8 Å². The largest absolute Gasteiger partial charge is 0.322 e. The number of anilines is 1. The van der Waals surface area contributed by atoms with E-state index in [1.165, 1.54) is 5.56 Å². The zero-order chi connectivity index (χ0) is 21.1. The zero-order valence-corrected chi connectivity index (χ0v) is 18.0. The van der Waals surface area contributed by atoms with Crippen molar-refractivity contribution in [3.8, 4) is 0 Å². The van der Waals surface area contributed by atoms with Crippen LogP contribution in [0.5, 0.6) is 0 Å². The van der Waals surface area contributed by atoms with Crippen LogP contribution in [0.1, 0.15) is 39.2 Å². The van der Waals surface area contributed by atoms with E-state index in [2.05, 4.69) is 34.3 Å². The van der Waals surface area contributed by atoms with Crippen molar-refractivity contribution in [1.82, 2.24) is 9.97 Å². The van der Waals surface area contributed by atoms with Crippen molar-refractivity contribution < 1.29 is 4.79 Å². The molecular formula is C25H23N3OS. The maximum Gasteiger partial charge on any atom is 0.258 e. The Kier molecular flexibility index (Phi) is 5.81. The van der Waals surface area contributed by atoms with E-state index in [1.807, 2.05) is 62.5 Å². The molecule has 0 saturated carbocycles. The first-order valence-electron chi connectivity index (χ1n) is 9.86. The van der Waals surface area contributed by atoms with Gasteiger partial charge in [0, 0.05) is 28.7 Å². The van der Waals surface area contributed by atoms with Crippen LogP contribution in [-0.4, -0.2) is 15.9 Å². The molecule has 4 nitrogen and oxygen atoms in total. The molecule has 1 N–H and O–H groups in total. The summed E-state index contributed by atoms with van der Waals surface area (Å²) >= 11 is 1.58. The Morgan fingerprint density at radius 2 is 1.70 bits per heavy atom. The molecule has 4 rings (SSSR count). The van der Waals surface area contributed by atoms with E-state index in [9.17, 15) is 4.79 Å². The second kappa shape index (κ2) is 8.67. The van der Waals surface area contributed by atoms with E-state index in [1.54, 1.807) is 24.0 Å². The van der Waals surface area contributed by atoms with Gasteiger partial charge in [-0.2, -0.15) is 0 Å². The number of pyridine rings is 2. The highest BCUT2D eigenvalue weighted by Crippen LogP contribution is 2.38. The number of thioether (sulfide) groups is 1. The number of aromatic nitrogens is 2. The number of nitrogens with one attached hydrogen (secondary N) is 1. The van der Waals surface area contributed by atoms with Gasteiger partial charge < -0.3 is 5.32 Å². The summed E-state index contributed by atoms with van der Waals surface area (Å²) in [6.07, 6.45) is 3.56. The Labute approximate surface area is 180 Å². The van der Waals surface area contributed by atoms with Gasteiger partial charge in [-0.3, -0.25) is 9.78 Å². The first kappa shape index (κ1) is 20.1. The number of hydrogen-bond acceptors (Lipinski definition) is 4. The lowest BCUT2D eigenvalue weighted by Gasteiger charge is -2.16. The molecule has 1 atom stereocenters. The summed E-state index contributed by atoms with van der Waals surface area (Å²) in [6.45, 7) is 6.18.